The van der Waals surface area contributed by atoms with Gasteiger partial charge in [0.1, 0.15) is 0 Å². The minimum atomic E-state index is 0.700. The van der Waals surface area contributed by atoms with Crippen LogP contribution in [0.25, 0.3) is 12.2 Å². The molecule has 74 valence electrons. The molecule has 0 atom stereocenters. The Hall–Kier alpha value is -1.54. The molecule has 0 aliphatic heterocycles. The third-order valence-corrected chi connectivity index (χ3v) is 1.91. The first-order chi connectivity index (χ1) is 6.81. The molecular weight excluding hydrogens is 174 g/mol. The van der Waals surface area contributed by atoms with Crippen molar-refractivity contribution in [3.63, 3.8) is 0 Å². The van der Waals surface area contributed by atoms with Crippen LogP contribution in [0.4, 0.5) is 5.69 Å². The van der Waals surface area contributed by atoms with Gasteiger partial charge in [0, 0.05) is 0 Å². The molecule has 0 saturated heterocycles. The van der Waals surface area contributed by atoms with Gasteiger partial charge in [-0.15, -0.1) is 0 Å². The van der Waals surface area contributed by atoms with E-state index in [1.165, 1.54) is 0 Å². The van der Waals surface area contributed by atoms with E-state index in [0.717, 1.165) is 11.1 Å². The van der Waals surface area contributed by atoms with Crippen molar-refractivity contribution >= 4 is 17.8 Å². The van der Waals surface area contributed by atoms with Crippen molar-refractivity contribution in [2.45, 2.75) is 13.8 Å². The molecule has 0 aliphatic rings. The number of allylic oxidation sites excluding steroid dienone is 2. The van der Waals surface area contributed by atoms with Crippen LogP contribution in [0.5, 0.6) is 0 Å². The van der Waals surface area contributed by atoms with Crippen LogP contribution in [0.15, 0.2) is 30.4 Å². The molecular formula is C12H15NO. The Morgan fingerprint density at radius 1 is 1.07 bits per heavy atom. The average Bonchev–Trinajstić information content (AvgIpc) is 2.21. The van der Waals surface area contributed by atoms with Gasteiger partial charge >= 0.3 is 0 Å². The summed E-state index contributed by atoms with van der Waals surface area (Å²) in [4.78, 5) is 0. The normalized spacial score (nSPS) is 11.4. The maximum Gasteiger partial charge on any atom is 0.0608 e. The second-order valence-electron chi connectivity index (χ2n) is 2.96. The van der Waals surface area contributed by atoms with E-state index in [4.69, 9.17) is 5.21 Å². The van der Waals surface area contributed by atoms with E-state index in [2.05, 4.69) is 5.48 Å². The number of rotatable bonds is 3. The standard InChI is InChI=1S/C12H15NO/c1-3-5-10-7-8-12(13-14)9-11(10)6-4-2/h3-9,13-14H,1-2H3. The SMILES string of the molecule is CC=Cc1ccc(NO)cc1C=CC. The fraction of sp³-hybridized carbons (Fsp3) is 0.167. The quantitative estimate of drug-likeness (QED) is 0.712. The van der Waals surface area contributed by atoms with Gasteiger partial charge in [0.25, 0.3) is 0 Å². The van der Waals surface area contributed by atoms with Gasteiger partial charge in [-0.25, -0.2) is 0 Å². The Morgan fingerprint density at radius 3 is 2.29 bits per heavy atom. The number of nitrogens with one attached hydrogen (secondary N) is 1. The van der Waals surface area contributed by atoms with E-state index in [1.807, 2.05) is 56.4 Å². The highest BCUT2D eigenvalue weighted by Gasteiger charge is 1.97. The summed E-state index contributed by atoms with van der Waals surface area (Å²) in [5.41, 5.74) is 5.07. The lowest BCUT2D eigenvalue weighted by Crippen LogP contribution is -1.90. The van der Waals surface area contributed by atoms with Crippen LogP contribution in [-0.2, 0) is 0 Å². The second kappa shape index (κ2) is 5.25. The fourth-order valence-electron chi connectivity index (χ4n) is 1.30. The Bertz CT molecular complexity index is 353. The fourth-order valence-corrected chi connectivity index (χ4v) is 1.30. The molecule has 2 N–H and O–H groups in total. The zero-order chi connectivity index (χ0) is 10.4. The number of hydrogen-bond donors (Lipinski definition) is 2. The predicted molar refractivity (Wildman–Crippen MR) is 61.3 cm³/mol. The lowest BCUT2D eigenvalue weighted by molar-refractivity contribution is 0.389. The smallest absolute Gasteiger partial charge is 0.0608 e. The van der Waals surface area contributed by atoms with Crippen molar-refractivity contribution in [3.05, 3.63) is 41.5 Å². The molecule has 2 nitrogen and oxygen atoms in total. The van der Waals surface area contributed by atoms with Crippen molar-refractivity contribution in [2.24, 2.45) is 0 Å². The molecule has 0 fully saturated rings. The summed E-state index contributed by atoms with van der Waals surface area (Å²) >= 11 is 0. The third kappa shape index (κ3) is 2.47. The molecule has 0 bridgehead atoms. The monoisotopic (exact) mass is 189 g/mol. The maximum atomic E-state index is 8.76. The van der Waals surface area contributed by atoms with Gasteiger partial charge in [-0.1, -0.05) is 30.4 Å². The van der Waals surface area contributed by atoms with Gasteiger partial charge in [0.15, 0.2) is 0 Å². The summed E-state index contributed by atoms with van der Waals surface area (Å²) in [7, 11) is 0. The summed E-state index contributed by atoms with van der Waals surface area (Å²) < 4.78 is 0. The zero-order valence-electron chi connectivity index (χ0n) is 8.49. The maximum absolute atomic E-state index is 8.76. The van der Waals surface area contributed by atoms with Crippen LogP contribution in [0.3, 0.4) is 0 Å². The van der Waals surface area contributed by atoms with Crippen LogP contribution in [-0.4, -0.2) is 5.21 Å². The molecule has 0 saturated carbocycles. The van der Waals surface area contributed by atoms with Crippen LogP contribution in [0.2, 0.25) is 0 Å². The van der Waals surface area contributed by atoms with Crippen LogP contribution in [0, 0.1) is 0 Å². The molecule has 2 heteroatoms. The molecule has 1 aromatic carbocycles. The summed E-state index contributed by atoms with van der Waals surface area (Å²) in [6.45, 7) is 3.95. The molecule has 0 heterocycles. The summed E-state index contributed by atoms with van der Waals surface area (Å²) in [6.07, 6.45) is 8.02. The van der Waals surface area contributed by atoms with Crippen molar-refractivity contribution in [2.75, 3.05) is 5.48 Å². The van der Waals surface area contributed by atoms with E-state index in [9.17, 15) is 0 Å². The summed E-state index contributed by atoms with van der Waals surface area (Å²) in [5.74, 6) is 0. The Morgan fingerprint density at radius 2 is 1.71 bits per heavy atom. The minimum Gasteiger partial charge on any atom is -0.291 e. The average molecular weight is 189 g/mol. The Labute approximate surface area is 84.5 Å². The lowest BCUT2D eigenvalue weighted by atomic mass is 10.1. The Kier molecular flexibility index (Phi) is 3.95. The van der Waals surface area contributed by atoms with E-state index >= 15 is 0 Å². The number of anilines is 1. The number of benzene rings is 1. The highest BCUT2D eigenvalue weighted by Crippen LogP contribution is 2.18. The highest BCUT2D eigenvalue weighted by atomic mass is 16.5. The highest BCUT2D eigenvalue weighted by molar-refractivity contribution is 5.68. The van der Waals surface area contributed by atoms with E-state index in [-0.39, 0.29) is 0 Å². The lowest BCUT2D eigenvalue weighted by Gasteiger charge is -2.04. The van der Waals surface area contributed by atoms with Crippen molar-refractivity contribution < 1.29 is 5.21 Å². The molecule has 0 amide bonds. The van der Waals surface area contributed by atoms with Crippen molar-refractivity contribution in [3.8, 4) is 0 Å². The minimum absolute atomic E-state index is 0.700. The predicted octanol–water partition coefficient (Wildman–Crippen LogP) is 3.55. The largest absolute Gasteiger partial charge is 0.291 e. The first-order valence-corrected chi connectivity index (χ1v) is 4.61. The van der Waals surface area contributed by atoms with Crippen molar-refractivity contribution in [1.29, 1.82) is 0 Å². The van der Waals surface area contributed by atoms with Gasteiger partial charge in [0.2, 0.25) is 0 Å². The Balaban J connectivity index is 3.16. The molecule has 0 unspecified atom stereocenters. The van der Waals surface area contributed by atoms with Crippen LogP contribution < -0.4 is 5.48 Å². The van der Waals surface area contributed by atoms with Gasteiger partial charge in [0.05, 0.1) is 5.69 Å². The van der Waals surface area contributed by atoms with E-state index < -0.39 is 0 Å². The van der Waals surface area contributed by atoms with Crippen molar-refractivity contribution in [1.82, 2.24) is 0 Å². The first-order valence-electron chi connectivity index (χ1n) is 4.61. The number of hydrogen-bond acceptors (Lipinski definition) is 2. The van der Waals surface area contributed by atoms with Crippen LogP contribution >= 0.6 is 0 Å². The summed E-state index contributed by atoms with van der Waals surface area (Å²) in [6, 6.07) is 5.70. The van der Waals surface area contributed by atoms with E-state index in [0.29, 0.717) is 5.69 Å². The van der Waals surface area contributed by atoms with E-state index in [1.54, 1.807) is 0 Å². The molecule has 1 aromatic rings. The molecule has 0 radical (unpaired) electrons. The van der Waals surface area contributed by atoms with Gasteiger partial charge in [-0.05, 0) is 37.1 Å². The topological polar surface area (TPSA) is 32.3 Å². The van der Waals surface area contributed by atoms with Gasteiger partial charge in [-0.2, -0.15) is 0 Å². The first kappa shape index (κ1) is 10.5. The molecule has 1 rings (SSSR count). The summed E-state index contributed by atoms with van der Waals surface area (Å²) in [5, 5.41) is 8.76. The molecule has 14 heavy (non-hydrogen) atoms. The third-order valence-electron chi connectivity index (χ3n) is 1.91. The molecule has 0 spiro atoms. The van der Waals surface area contributed by atoms with Gasteiger partial charge < -0.3 is 0 Å². The molecule has 0 aromatic heterocycles. The zero-order valence-corrected chi connectivity index (χ0v) is 8.49. The molecule has 0 aliphatic carbocycles. The van der Waals surface area contributed by atoms with Gasteiger partial charge in [-0.3, -0.25) is 10.7 Å². The second-order valence-corrected chi connectivity index (χ2v) is 2.96. The van der Waals surface area contributed by atoms with Crippen LogP contribution in [0.1, 0.15) is 25.0 Å².